The minimum absolute atomic E-state index is 0.112. The summed E-state index contributed by atoms with van der Waals surface area (Å²) in [5.74, 6) is -3.10. The fourth-order valence-electron chi connectivity index (χ4n) is 3.48. The topological polar surface area (TPSA) is 110 Å². The molecule has 0 amide bonds. The van der Waals surface area contributed by atoms with Crippen LogP contribution in [-0.2, 0) is 20.9 Å². The number of ether oxygens (including phenoxy) is 2. The molecule has 0 saturated carbocycles. The van der Waals surface area contributed by atoms with Crippen molar-refractivity contribution in [3.05, 3.63) is 70.3 Å². The normalized spacial score (nSPS) is 14.4. The van der Waals surface area contributed by atoms with Crippen molar-refractivity contribution in [3.63, 3.8) is 0 Å². The molecule has 7 nitrogen and oxygen atoms in total. The fraction of sp³-hybridized carbons (Fsp3) is 0.227. The van der Waals surface area contributed by atoms with Gasteiger partial charge in [-0.1, -0.05) is 30.3 Å². The molecule has 2 N–H and O–H groups in total. The van der Waals surface area contributed by atoms with Gasteiger partial charge in [0.2, 0.25) is 11.6 Å². The first kappa shape index (κ1) is 20.3. The minimum Gasteiger partial charge on any atom is -0.507 e. The maximum absolute atomic E-state index is 12.9. The molecule has 1 atom stereocenters. The standard InChI is InChI=1S/C22H20O7/c1-28-17-8-7-12(9-13(17)11-23)16(10-18(24)29-2)19-20(25)14-5-3-4-6-15(14)21(26)22(19)27/h3-9,16,23,25H,10-11H2,1-2H3/t16-/m1/s1. The number of carbonyl (C=O) groups excluding carboxylic acids is 3. The van der Waals surface area contributed by atoms with E-state index < -0.39 is 23.5 Å². The first-order valence-electron chi connectivity index (χ1n) is 8.89. The van der Waals surface area contributed by atoms with Crippen molar-refractivity contribution in [1.82, 2.24) is 0 Å². The van der Waals surface area contributed by atoms with Gasteiger partial charge in [-0.05, 0) is 17.7 Å². The van der Waals surface area contributed by atoms with Gasteiger partial charge < -0.3 is 19.7 Å². The average Bonchev–Trinajstić information content (AvgIpc) is 2.76. The van der Waals surface area contributed by atoms with E-state index in [0.29, 0.717) is 16.9 Å². The van der Waals surface area contributed by atoms with Crippen LogP contribution < -0.4 is 4.74 Å². The molecule has 1 aliphatic rings. The second-order valence-electron chi connectivity index (χ2n) is 6.53. The lowest BCUT2D eigenvalue weighted by molar-refractivity contribution is -0.140. The van der Waals surface area contributed by atoms with Gasteiger partial charge in [-0.2, -0.15) is 0 Å². The molecule has 0 aliphatic heterocycles. The SMILES string of the molecule is COC(=O)C[C@@H](C1=C(O)c2ccccc2C(=O)C1=O)c1ccc(OC)c(CO)c1. The Balaban J connectivity index is 2.21. The molecule has 0 fully saturated rings. The summed E-state index contributed by atoms with van der Waals surface area (Å²) in [7, 11) is 2.67. The number of hydrogen-bond acceptors (Lipinski definition) is 7. The van der Waals surface area contributed by atoms with Gasteiger partial charge in [0.1, 0.15) is 11.5 Å². The van der Waals surface area contributed by atoms with Crippen molar-refractivity contribution in [2.24, 2.45) is 0 Å². The molecule has 29 heavy (non-hydrogen) atoms. The van der Waals surface area contributed by atoms with Crippen LogP contribution in [0.25, 0.3) is 5.76 Å². The van der Waals surface area contributed by atoms with Crippen molar-refractivity contribution >= 4 is 23.3 Å². The van der Waals surface area contributed by atoms with Crippen LogP contribution in [0.15, 0.2) is 48.0 Å². The van der Waals surface area contributed by atoms with E-state index in [2.05, 4.69) is 0 Å². The summed E-state index contributed by atoms with van der Waals surface area (Å²) in [6.07, 6.45) is -0.270. The maximum Gasteiger partial charge on any atom is 0.306 e. The highest BCUT2D eigenvalue weighted by Gasteiger charge is 2.38. The zero-order valence-electron chi connectivity index (χ0n) is 16.0. The second kappa shape index (κ2) is 8.28. The molecule has 0 bridgehead atoms. The Labute approximate surface area is 167 Å². The first-order valence-corrected chi connectivity index (χ1v) is 8.89. The van der Waals surface area contributed by atoms with Gasteiger partial charge in [-0.3, -0.25) is 14.4 Å². The van der Waals surface area contributed by atoms with Crippen LogP contribution >= 0.6 is 0 Å². The molecule has 0 spiro atoms. The molecule has 3 rings (SSSR count). The summed E-state index contributed by atoms with van der Waals surface area (Å²) in [4.78, 5) is 37.5. The number of methoxy groups -OCH3 is 2. The molecule has 7 heteroatoms. The smallest absolute Gasteiger partial charge is 0.306 e. The number of ketones is 2. The summed E-state index contributed by atoms with van der Waals surface area (Å²) in [5, 5.41) is 20.5. The summed E-state index contributed by atoms with van der Waals surface area (Å²) in [6, 6.07) is 11.0. The number of hydrogen-bond donors (Lipinski definition) is 2. The van der Waals surface area contributed by atoms with E-state index in [-0.39, 0.29) is 35.5 Å². The highest BCUT2D eigenvalue weighted by atomic mass is 16.5. The van der Waals surface area contributed by atoms with Crippen molar-refractivity contribution in [2.75, 3.05) is 14.2 Å². The third kappa shape index (κ3) is 3.64. The van der Waals surface area contributed by atoms with E-state index in [4.69, 9.17) is 9.47 Å². The van der Waals surface area contributed by atoms with E-state index in [9.17, 15) is 24.6 Å². The molecule has 150 valence electrons. The van der Waals surface area contributed by atoms with Gasteiger partial charge in [0, 0.05) is 22.6 Å². The maximum atomic E-state index is 12.9. The lowest BCUT2D eigenvalue weighted by Crippen LogP contribution is -2.28. The summed E-state index contributed by atoms with van der Waals surface area (Å²) in [5.41, 5.74) is 1.07. The number of fused-ring (bicyclic) bond motifs is 1. The number of benzene rings is 2. The Kier molecular flexibility index (Phi) is 5.79. The molecule has 0 heterocycles. The highest BCUT2D eigenvalue weighted by Crippen LogP contribution is 2.39. The zero-order chi connectivity index (χ0) is 21.1. The quantitative estimate of drug-likeness (QED) is 0.570. The van der Waals surface area contributed by atoms with Gasteiger partial charge in [0.05, 0.1) is 32.8 Å². The van der Waals surface area contributed by atoms with Gasteiger partial charge in [-0.25, -0.2) is 0 Å². The lowest BCUT2D eigenvalue weighted by Gasteiger charge is -2.25. The van der Waals surface area contributed by atoms with Gasteiger partial charge in [0.25, 0.3) is 0 Å². The molecule has 0 unspecified atom stereocenters. The second-order valence-corrected chi connectivity index (χ2v) is 6.53. The number of esters is 1. The molecular weight excluding hydrogens is 376 g/mol. The van der Waals surface area contributed by atoms with Crippen LogP contribution in [0.4, 0.5) is 0 Å². The van der Waals surface area contributed by atoms with Gasteiger partial charge in [-0.15, -0.1) is 0 Å². The summed E-state index contributed by atoms with van der Waals surface area (Å²) >= 11 is 0. The number of aliphatic hydroxyl groups is 2. The van der Waals surface area contributed by atoms with Crippen molar-refractivity contribution in [1.29, 1.82) is 0 Å². The van der Waals surface area contributed by atoms with Crippen LogP contribution in [0.3, 0.4) is 0 Å². The number of carbonyl (C=O) groups is 3. The Morgan fingerprint density at radius 1 is 1.03 bits per heavy atom. The predicted octanol–water partition coefficient (Wildman–Crippen LogP) is 2.57. The minimum atomic E-state index is -0.941. The largest absolute Gasteiger partial charge is 0.507 e. The highest BCUT2D eigenvalue weighted by molar-refractivity contribution is 6.52. The predicted molar refractivity (Wildman–Crippen MR) is 104 cm³/mol. The van der Waals surface area contributed by atoms with Crippen LogP contribution in [0.5, 0.6) is 5.75 Å². The van der Waals surface area contributed by atoms with Crippen molar-refractivity contribution in [3.8, 4) is 5.75 Å². The number of aliphatic hydroxyl groups excluding tert-OH is 2. The molecule has 0 aromatic heterocycles. The van der Waals surface area contributed by atoms with E-state index in [1.807, 2.05) is 0 Å². The number of rotatable bonds is 6. The lowest BCUT2D eigenvalue weighted by atomic mass is 9.78. The molecule has 1 aliphatic carbocycles. The monoisotopic (exact) mass is 396 g/mol. The molecule has 2 aromatic rings. The van der Waals surface area contributed by atoms with Crippen molar-refractivity contribution < 1.29 is 34.1 Å². The van der Waals surface area contributed by atoms with E-state index >= 15 is 0 Å². The number of allylic oxidation sites excluding steroid dienone is 1. The summed E-state index contributed by atoms with van der Waals surface area (Å²) in [6.45, 7) is -0.331. The fourth-order valence-corrected chi connectivity index (χ4v) is 3.48. The van der Waals surface area contributed by atoms with E-state index in [1.54, 1.807) is 30.3 Å². The Bertz CT molecular complexity index is 1020. The third-order valence-electron chi connectivity index (χ3n) is 4.96. The van der Waals surface area contributed by atoms with E-state index in [0.717, 1.165) is 0 Å². The summed E-state index contributed by atoms with van der Waals surface area (Å²) < 4.78 is 9.94. The zero-order valence-corrected chi connectivity index (χ0v) is 16.0. The van der Waals surface area contributed by atoms with Crippen LogP contribution in [0.2, 0.25) is 0 Å². The van der Waals surface area contributed by atoms with Gasteiger partial charge in [0.15, 0.2) is 0 Å². The Morgan fingerprint density at radius 3 is 2.34 bits per heavy atom. The molecular formula is C22H20O7. The van der Waals surface area contributed by atoms with Crippen LogP contribution in [0, 0.1) is 0 Å². The Hall–Kier alpha value is -3.45. The number of Topliss-reactive ketones (excluding diaryl/α,β-unsaturated/α-hetero) is 2. The molecule has 0 radical (unpaired) electrons. The molecule has 0 saturated heterocycles. The average molecular weight is 396 g/mol. The molecule has 2 aromatic carbocycles. The van der Waals surface area contributed by atoms with Crippen LogP contribution in [0.1, 0.15) is 39.4 Å². The van der Waals surface area contributed by atoms with Crippen LogP contribution in [-0.4, -0.2) is 42.0 Å². The third-order valence-corrected chi connectivity index (χ3v) is 4.96. The first-order chi connectivity index (χ1) is 13.9. The van der Waals surface area contributed by atoms with E-state index in [1.165, 1.54) is 26.4 Å². The van der Waals surface area contributed by atoms with Gasteiger partial charge >= 0.3 is 5.97 Å². The van der Waals surface area contributed by atoms with Crippen molar-refractivity contribution in [2.45, 2.75) is 18.9 Å². The Morgan fingerprint density at radius 2 is 1.72 bits per heavy atom.